The van der Waals surface area contributed by atoms with Crippen LogP contribution < -0.4 is 5.49 Å². The highest BCUT2D eigenvalue weighted by molar-refractivity contribution is 5.68. The lowest BCUT2D eigenvalue weighted by atomic mass is 10.2. The largest absolute Gasteiger partial charge is 0.389 e. The SMILES string of the molecule is N=c1ncn(C2C=CC(O)C2)c2nc[nH]c12. The van der Waals surface area contributed by atoms with Gasteiger partial charge in [-0.2, -0.15) is 0 Å². The molecule has 0 saturated heterocycles. The van der Waals surface area contributed by atoms with E-state index in [2.05, 4.69) is 15.0 Å². The summed E-state index contributed by atoms with van der Waals surface area (Å²) < 4.78 is 1.87. The minimum Gasteiger partial charge on any atom is -0.389 e. The molecule has 0 radical (unpaired) electrons. The number of aromatic nitrogens is 4. The van der Waals surface area contributed by atoms with Crippen LogP contribution in [0.25, 0.3) is 11.2 Å². The summed E-state index contributed by atoms with van der Waals surface area (Å²) in [7, 11) is 0. The molecule has 0 saturated carbocycles. The van der Waals surface area contributed by atoms with E-state index in [4.69, 9.17) is 5.41 Å². The smallest absolute Gasteiger partial charge is 0.173 e. The van der Waals surface area contributed by atoms with Crippen molar-refractivity contribution in [2.45, 2.75) is 18.6 Å². The molecule has 6 nitrogen and oxygen atoms in total. The fourth-order valence-electron chi connectivity index (χ4n) is 2.01. The molecule has 3 N–H and O–H groups in total. The van der Waals surface area contributed by atoms with Crippen molar-refractivity contribution in [2.24, 2.45) is 0 Å². The Morgan fingerprint density at radius 1 is 1.44 bits per heavy atom. The van der Waals surface area contributed by atoms with E-state index in [0.717, 1.165) is 0 Å². The molecule has 0 spiro atoms. The Labute approximate surface area is 90.8 Å². The summed E-state index contributed by atoms with van der Waals surface area (Å²) in [5.74, 6) is 0. The molecule has 1 aliphatic carbocycles. The molecule has 2 heterocycles. The van der Waals surface area contributed by atoms with Crippen molar-refractivity contribution < 1.29 is 5.11 Å². The van der Waals surface area contributed by atoms with Crippen LogP contribution in [-0.2, 0) is 0 Å². The van der Waals surface area contributed by atoms with E-state index in [9.17, 15) is 5.11 Å². The summed E-state index contributed by atoms with van der Waals surface area (Å²) in [6, 6.07) is 0.0638. The van der Waals surface area contributed by atoms with Gasteiger partial charge in [0.2, 0.25) is 0 Å². The molecule has 82 valence electrons. The predicted molar refractivity (Wildman–Crippen MR) is 56.5 cm³/mol. The number of fused-ring (bicyclic) bond motifs is 1. The molecule has 3 rings (SSSR count). The summed E-state index contributed by atoms with van der Waals surface area (Å²) in [5.41, 5.74) is 1.51. The Morgan fingerprint density at radius 2 is 2.31 bits per heavy atom. The Balaban J connectivity index is 2.18. The zero-order valence-electron chi connectivity index (χ0n) is 8.46. The van der Waals surface area contributed by atoms with Gasteiger partial charge in [-0.3, -0.25) is 5.41 Å². The van der Waals surface area contributed by atoms with Gasteiger partial charge in [0.05, 0.1) is 24.8 Å². The van der Waals surface area contributed by atoms with Gasteiger partial charge < -0.3 is 14.7 Å². The first-order chi connectivity index (χ1) is 7.75. The molecule has 6 heteroatoms. The number of allylic oxidation sites excluding steroid dienone is 1. The number of imidazole rings is 1. The molecular weight excluding hydrogens is 206 g/mol. The first kappa shape index (κ1) is 9.29. The number of hydrogen-bond acceptors (Lipinski definition) is 4. The lowest BCUT2D eigenvalue weighted by Crippen LogP contribution is -2.16. The average molecular weight is 217 g/mol. The van der Waals surface area contributed by atoms with Crippen LogP contribution in [0.5, 0.6) is 0 Å². The average Bonchev–Trinajstić information content (AvgIpc) is 2.87. The zero-order chi connectivity index (χ0) is 11.1. The molecule has 1 aliphatic rings. The van der Waals surface area contributed by atoms with Crippen molar-refractivity contribution in [3.8, 4) is 0 Å². The van der Waals surface area contributed by atoms with Gasteiger partial charge in [-0.15, -0.1) is 0 Å². The molecule has 16 heavy (non-hydrogen) atoms. The number of rotatable bonds is 1. The van der Waals surface area contributed by atoms with Gasteiger partial charge in [-0.1, -0.05) is 12.2 Å². The van der Waals surface area contributed by atoms with Gasteiger partial charge in [0.15, 0.2) is 11.1 Å². The molecule has 2 aromatic rings. The second kappa shape index (κ2) is 3.28. The Bertz CT molecular complexity index is 611. The quantitative estimate of drug-likeness (QED) is 0.592. The number of hydrogen-bond donors (Lipinski definition) is 3. The van der Waals surface area contributed by atoms with Crippen molar-refractivity contribution in [3.63, 3.8) is 0 Å². The maximum atomic E-state index is 9.45. The third kappa shape index (κ3) is 1.27. The van der Waals surface area contributed by atoms with Gasteiger partial charge in [-0.05, 0) is 0 Å². The molecule has 2 atom stereocenters. The van der Waals surface area contributed by atoms with Crippen LogP contribution in [-0.4, -0.2) is 30.7 Å². The third-order valence-corrected chi connectivity index (χ3v) is 2.81. The van der Waals surface area contributed by atoms with Crippen molar-refractivity contribution in [1.29, 1.82) is 5.41 Å². The number of aromatic amines is 1. The molecule has 0 fully saturated rings. The van der Waals surface area contributed by atoms with Crippen LogP contribution in [0, 0.1) is 5.41 Å². The molecule has 2 unspecified atom stereocenters. The number of H-pyrrole nitrogens is 1. The standard InChI is InChI=1S/C10H11N5O/c11-9-8-10(13-4-12-8)15(5-14-9)6-1-2-7(16)3-6/h1-2,4-7,11,16H,3H2,(H,12,13). The van der Waals surface area contributed by atoms with Gasteiger partial charge in [0.25, 0.3) is 0 Å². The Kier molecular flexibility index (Phi) is 1.90. The predicted octanol–water partition coefficient (Wildman–Crippen LogP) is 0.101. The second-order valence-electron chi connectivity index (χ2n) is 3.86. The van der Waals surface area contributed by atoms with Crippen LogP contribution in [0.3, 0.4) is 0 Å². The van der Waals surface area contributed by atoms with Gasteiger partial charge in [0.1, 0.15) is 5.52 Å². The van der Waals surface area contributed by atoms with E-state index in [0.29, 0.717) is 17.6 Å². The molecule has 2 aromatic heterocycles. The highest BCUT2D eigenvalue weighted by Crippen LogP contribution is 2.24. The lowest BCUT2D eigenvalue weighted by Gasteiger charge is -2.13. The first-order valence-electron chi connectivity index (χ1n) is 5.07. The summed E-state index contributed by atoms with van der Waals surface area (Å²) in [6.45, 7) is 0. The minimum absolute atomic E-state index is 0.0638. The minimum atomic E-state index is -0.401. The molecule has 0 bridgehead atoms. The van der Waals surface area contributed by atoms with Gasteiger partial charge in [-0.25, -0.2) is 9.97 Å². The van der Waals surface area contributed by atoms with Crippen molar-refractivity contribution >= 4 is 11.2 Å². The van der Waals surface area contributed by atoms with Crippen molar-refractivity contribution in [2.75, 3.05) is 0 Å². The highest BCUT2D eigenvalue weighted by atomic mass is 16.3. The van der Waals surface area contributed by atoms with E-state index in [1.807, 2.05) is 10.6 Å². The highest BCUT2D eigenvalue weighted by Gasteiger charge is 2.19. The zero-order valence-corrected chi connectivity index (χ0v) is 8.46. The van der Waals surface area contributed by atoms with Gasteiger partial charge >= 0.3 is 0 Å². The Hall–Kier alpha value is -1.95. The topological polar surface area (TPSA) is 90.6 Å². The number of aliphatic hydroxyl groups excluding tert-OH is 1. The molecule has 0 amide bonds. The van der Waals surface area contributed by atoms with E-state index < -0.39 is 6.10 Å². The molecule has 0 aliphatic heterocycles. The second-order valence-corrected chi connectivity index (χ2v) is 3.86. The molecular formula is C10H11N5O. The Morgan fingerprint density at radius 3 is 3.06 bits per heavy atom. The van der Waals surface area contributed by atoms with Crippen LogP contribution >= 0.6 is 0 Å². The fourth-order valence-corrected chi connectivity index (χ4v) is 2.01. The lowest BCUT2D eigenvalue weighted by molar-refractivity contribution is 0.211. The summed E-state index contributed by atoms with van der Waals surface area (Å²) in [6.07, 6.45) is 7.08. The maximum absolute atomic E-state index is 9.45. The number of nitrogens with one attached hydrogen (secondary N) is 2. The van der Waals surface area contributed by atoms with E-state index in [1.165, 1.54) is 0 Å². The van der Waals surface area contributed by atoms with Crippen LogP contribution in [0.15, 0.2) is 24.8 Å². The van der Waals surface area contributed by atoms with Crippen LogP contribution in [0.2, 0.25) is 0 Å². The van der Waals surface area contributed by atoms with E-state index in [-0.39, 0.29) is 11.5 Å². The first-order valence-corrected chi connectivity index (χ1v) is 5.07. The summed E-state index contributed by atoms with van der Waals surface area (Å²) >= 11 is 0. The molecule has 0 aromatic carbocycles. The third-order valence-electron chi connectivity index (χ3n) is 2.81. The number of aliphatic hydroxyl groups is 1. The number of nitrogens with zero attached hydrogens (tertiary/aromatic N) is 3. The fraction of sp³-hybridized carbons (Fsp3) is 0.300. The van der Waals surface area contributed by atoms with Crippen LogP contribution in [0.4, 0.5) is 0 Å². The van der Waals surface area contributed by atoms with Crippen LogP contribution in [0.1, 0.15) is 12.5 Å². The van der Waals surface area contributed by atoms with Gasteiger partial charge in [0, 0.05) is 6.42 Å². The van der Waals surface area contributed by atoms with Crippen molar-refractivity contribution in [1.82, 2.24) is 19.5 Å². The normalized spacial score (nSPS) is 24.3. The summed E-state index contributed by atoms with van der Waals surface area (Å²) in [4.78, 5) is 11.1. The summed E-state index contributed by atoms with van der Waals surface area (Å²) in [5, 5.41) is 17.1. The van der Waals surface area contributed by atoms with E-state index >= 15 is 0 Å². The maximum Gasteiger partial charge on any atom is 0.173 e. The monoisotopic (exact) mass is 217 g/mol. The van der Waals surface area contributed by atoms with Crippen molar-refractivity contribution in [3.05, 3.63) is 30.3 Å². The van der Waals surface area contributed by atoms with E-state index in [1.54, 1.807) is 18.7 Å².